The van der Waals surface area contributed by atoms with Crippen LogP contribution in [0, 0.1) is 21.4 Å². The monoisotopic (exact) mass is 350 g/mol. The van der Waals surface area contributed by atoms with Crippen LogP contribution in [0.15, 0.2) is 78.9 Å². The summed E-state index contributed by atoms with van der Waals surface area (Å²) in [5.41, 5.74) is 2.09. The first-order chi connectivity index (χ1) is 13.2. The highest BCUT2D eigenvalue weighted by molar-refractivity contribution is 6.10. The minimum absolute atomic E-state index is 0.00616. The van der Waals surface area contributed by atoms with Crippen molar-refractivity contribution in [2.75, 3.05) is 0 Å². The molecule has 0 aliphatic heterocycles. The van der Waals surface area contributed by atoms with Crippen molar-refractivity contribution in [3.63, 3.8) is 0 Å². The maximum absolute atomic E-state index is 10.9. The van der Waals surface area contributed by atoms with Crippen molar-refractivity contribution in [1.29, 1.82) is 5.26 Å². The highest BCUT2D eigenvalue weighted by Gasteiger charge is 2.10. The Kier molecular flexibility index (Phi) is 4.12. The maximum Gasteiger partial charge on any atom is 0.269 e. The topological polar surface area (TPSA) is 66.9 Å². The number of rotatable bonds is 3. The molecule has 0 amide bonds. The van der Waals surface area contributed by atoms with E-state index in [9.17, 15) is 15.4 Å². The summed E-state index contributed by atoms with van der Waals surface area (Å²) in [6.45, 7) is 0. The average molecular weight is 350 g/mol. The molecular formula is C23H14N2O2. The number of nitrogens with zero attached hydrogens (tertiary/aromatic N) is 2. The molecule has 4 rings (SSSR count). The minimum Gasteiger partial charge on any atom is -0.258 e. The Morgan fingerprint density at radius 1 is 0.889 bits per heavy atom. The number of allylic oxidation sites excluding steroid dienone is 1. The molecule has 4 nitrogen and oxygen atoms in total. The summed E-state index contributed by atoms with van der Waals surface area (Å²) in [7, 11) is 0. The quantitative estimate of drug-likeness (QED) is 0.150. The lowest BCUT2D eigenvalue weighted by molar-refractivity contribution is -0.384. The zero-order valence-electron chi connectivity index (χ0n) is 14.3. The van der Waals surface area contributed by atoms with Crippen LogP contribution < -0.4 is 0 Å². The van der Waals surface area contributed by atoms with Gasteiger partial charge in [0.05, 0.1) is 16.6 Å². The first kappa shape index (κ1) is 16.5. The Hall–Kier alpha value is -3.97. The third-order valence-corrected chi connectivity index (χ3v) is 4.61. The normalized spacial score (nSPS) is 11.4. The molecule has 0 atom stereocenters. The van der Waals surface area contributed by atoms with Crippen molar-refractivity contribution in [2.45, 2.75) is 0 Å². The van der Waals surface area contributed by atoms with Gasteiger partial charge < -0.3 is 0 Å². The van der Waals surface area contributed by atoms with E-state index in [2.05, 4.69) is 24.3 Å². The van der Waals surface area contributed by atoms with Gasteiger partial charge in [-0.3, -0.25) is 10.1 Å². The van der Waals surface area contributed by atoms with Crippen molar-refractivity contribution < 1.29 is 4.92 Å². The summed E-state index contributed by atoms with van der Waals surface area (Å²) in [6.07, 6.45) is 1.87. The molecule has 0 radical (unpaired) electrons. The standard InChI is InChI=1S/C23H14N2O2/c24-15-19(16-9-11-20(12-10-16)25(26)27)14-23-21-7-3-1-5-17(21)13-18-6-2-4-8-22(18)23/h1-14H. The molecule has 0 aromatic heterocycles. The largest absolute Gasteiger partial charge is 0.269 e. The molecule has 0 N–H and O–H groups in total. The van der Waals surface area contributed by atoms with E-state index in [1.165, 1.54) is 12.1 Å². The number of fused-ring (bicyclic) bond motifs is 2. The van der Waals surface area contributed by atoms with Crippen LogP contribution in [-0.2, 0) is 0 Å². The summed E-state index contributed by atoms with van der Waals surface area (Å²) >= 11 is 0. The summed E-state index contributed by atoms with van der Waals surface area (Å²) < 4.78 is 0. The highest BCUT2D eigenvalue weighted by atomic mass is 16.6. The van der Waals surface area contributed by atoms with E-state index in [0.29, 0.717) is 11.1 Å². The second-order valence-electron chi connectivity index (χ2n) is 6.21. The third kappa shape index (κ3) is 3.03. The number of hydrogen-bond donors (Lipinski definition) is 0. The molecule has 27 heavy (non-hydrogen) atoms. The average Bonchev–Trinajstić information content (AvgIpc) is 2.71. The van der Waals surface area contributed by atoms with Crippen LogP contribution in [0.2, 0.25) is 0 Å². The summed E-state index contributed by atoms with van der Waals surface area (Å²) in [5.74, 6) is 0. The predicted octanol–water partition coefficient (Wildman–Crippen LogP) is 5.97. The Balaban J connectivity index is 1.96. The van der Waals surface area contributed by atoms with Crippen LogP contribution in [0.3, 0.4) is 0 Å². The van der Waals surface area contributed by atoms with E-state index >= 15 is 0 Å². The number of nitro groups is 1. The first-order valence-corrected chi connectivity index (χ1v) is 8.44. The lowest BCUT2D eigenvalue weighted by atomic mass is 9.94. The van der Waals surface area contributed by atoms with Gasteiger partial charge in [-0.2, -0.15) is 5.26 Å². The van der Waals surface area contributed by atoms with Gasteiger partial charge in [0.1, 0.15) is 0 Å². The van der Waals surface area contributed by atoms with E-state index in [1.807, 2.05) is 42.5 Å². The molecule has 4 aromatic carbocycles. The van der Waals surface area contributed by atoms with Gasteiger partial charge in [-0.1, -0.05) is 48.5 Å². The fraction of sp³-hybridized carbons (Fsp3) is 0. The van der Waals surface area contributed by atoms with Crippen molar-refractivity contribution in [3.8, 4) is 6.07 Å². The van der Waals surface area contributed by atoms with E-state index < -0.39 is 4.92 Å². The fourth-order valence-corrected chi connectivity index (χ4v) is 3.29. The Morgan fingerprint density at radius 2 is 1.44 bits per heavy atom. The van der Waals surface area contributed by atoms with Crippen LogP contribution >= 0.6 is 0 Å². The van der Waals surface area contributed by atoms with Crippen molar-refractivity contribution >= 4 is 38.9 Å². The number of nitriles is 1. The van der Waals surface area contributed by atoms with Gasteiger partial charge in [0.2, 0.25) is 0 Å². The number of non-ortho nitro benzene ring substituents is 1. The van der Waals surface area contributed by atoms with Crippen molar-refractivity contribution in [2.24, 2.45) is 0 Å². The molecule has 0 heterocycles. The van der Waals surface area contributed by atoms with Crippen molar-refractivity contribution in [3.05, 3.63) is 100 Å². The van der Waals surface area contributed by atoms with Crippen molar-refractivity contribution in [1.82, 2.24) is 0 Å². The second kappa shape index (κ2) is 6.74. The Morgan fingerprint density at radius 3 is 1.96 bits per heavy atom. The van der Waals surface area contributed by atoms with Crippen LogP contribution in [0.25, 0.3) is 33.2 Å². The molecule has 4 heteroatoms. The Bertz CT molecular complexity index is 1200. The smallest absolute Gasteiger partial charge is 0.258 e. The van der Waals surface area contributed by atoms with E-state index in [1.54, 1.807) is 12.1 Å². The van der Waals surface area contributed by atoms with Gasteiger partial charge in [0.25, 0.3) is 5.69 Å². The molecule has 0 saturated heterocycles. The minimum atomic E-state index is -0.447. The molecule has 0 fully saturated rings. The van der Waals surface area contributed by atoms with E-state index in [-0.39, 0.29) is 5.69 Å². The zero-order chi connectivity index (χ0) is 18.8. The van der Waals surface area contributed by atoms with Crippen LogP contribution in [-0.4, -0.2) is 4.92 Å². The van der Waals surface area contributed by atoms with Gasteiger partial charge in [-0.25, -0.2) is 0 Å². The second-order valence-corrected chi connectivity index (χ2v) is 6.21. The number of benzene rings is 4. The third-order valence-electron chi connectivity index (χ3n) is 4.61. The molecular weight excluding hydrogens is 336 g/mol. The summed E-state index contributed by atoms with van der Waals surface area (Å²) in [4.78, 5) is 10.4. The maximum atomic E-state index is 10.9. The fourth-order valence-electron chi connectivity index (χ4n) is 3.29. The molecule has 0 aliphatic rings. The molecule has 0 spiro atoms. The number of nitro benzene ring substituents is 1. The van der Waals surface area contributed by atoms with E-state index in [4.69, 9.17) is 0 Å². The summed E-state index contributed by atoms with van der Waals surface area (Å²) in [5, 5.41) is 24.9. The Labute approximate surface area is 155 Å². The lowest BCUT2D eigenvalue weighted by Gasteiger charge is -2.09. The molecule has 0 aliphatic carbocycles. The highest BCUT2D eigenvalue weighted by Crippen LogP contribution is 2.32. The summed E-state index contributed by atoms with van der Waals surface area (Å²) in [6, 6.07) is 26.6. The predicted molar refractivity (Wildman–Crippen MR) is 108 cm³/mol. The lowest BCUT2D eigenvalue weighted by Crippen LogP contribution is -1.89. The molecule has 128 valence electrons. The zero-order valence-corrected chi connectivity index (χ0v) is 14.3. The van der Waals surface area contributed by atoms with Gasteiger partial charge in [0.15, 0.2) is 0 Å². The molecule has 0 unspecified atom stereocenters. The molecule has 0 saturated carbocycles. The molecule has 0 bridgehead atoms. The first-order valence-electron chi connectivity index (χ1n) is 8.44. The van der Waals surface area contributed by atoms with Gasteiger partial charge >= 0.3 is 0 Å². The number of hydrogen-bond acceptors (Lipinski definition) is 3. The van der Waals surface area contributed by atoms with Crippen LogP contribution in [0.5, 0.6) is 0 Å². The van der Waals surface area contributed by atoms with Gasteiger partial charge in [-0.15, -0.1) is 0 Å². The van der Waals surface area contributed by atoms with Crippen LogP contribution in [0.4, 0.5) is 5.69 Å². The van der Waals surface area contributed by atoms with E-state index in [0.717, 1.165) is 27.1 Å². The molecule has 4 aromatic rings. The SMILES string of the molecule is N#CC(=Cc1c2ccccc2cc2ccccc12)c1ccc([N+](=O)[O-])cc1. The van der Waals surface area contributed by atoms with Gasteiger partial charge in [-0.05, 0) is 56.9 Å². The van der Waals surface area contributed by atoms with Crippen LogP contribution in [0.1, 0.15) is 11.1 Å². The van der Waals surface area contributed by atoms with Gasteiger partial charge in [0, 0.05) is 12.1 Å².